The number of rotatable bonds is 5. The predicted octanol–water partition coefficient (Wildman–Crippen LogP) is 5.27. The normalized spacial score (nSPS) is 19.8. The number of hydrogen-bond donors (Lipinski definition) is 1. The summed E-state index contributed by atoms with van der Waals surface area (Å²) < 4.78 is 41.2. The van der Waals surface area contributed by atoms with E-state index in [2.05, 4.69) is 21.7 Å². The first kappa shape index (κ1) is 26.2. The van der Waals surface area contributed by atoms with Gasteiger partial charge in [-0.05, 0) is 60.2 Å². The predicted molar refractivity (Wildman–Crippen MR) is 141 cm³/mol. The molecule has 0 radical (unpaired) electrons. The van der Waals surface area contributed by atoms with Crippen molar-refractivity contribution in [1.82, 2.24) is 14.7 Å². The minimum absolute atomic E-state index is 0.00408. The minimum atomic E-state index is -0.844. The van der Waals surface area contributed by atoms with Crippen molar-refractivity contribution in [3.8, 4) is 0 Å². The van der Waals surface area contributed by atoms with E-state index < -0.39 is 17.7 Å². The van der Waals surface area contributed by atoms with Crippen LogP contribution in [0.15, 0.2) is 53.9 Å². The Kier molecular flexibility index (Phi) is 7.71. The van der Waals surface area contributed by atoms with Gasteiger partial charge in [0.2, 0.25) is 5.91 Å². The Morgan fingerprint density at radius 1 is 1.03 bits per heavy atom. The summed E-state index contributed by atoms with van der Waals surface area (Å²) in [6, 6.07) is 10.9. The van der Waals surface area contributed by atoms with Gasteiger partial charge in [-0.2, -0.15) is 0 Å². The third kappa shape index (κ3) is 5.56. The number of halogens is 3. The van der Waals surface area contributed by atoms with Gasteiger partial charge in [-0.25, -0.2) is 18.0 Å². The van der Waals surface area contributed by atoms with Crippen molar-refractivity contribution < 1.29 is 22.8 Å². The first-order valence-electron chi connectivity index (χ1n) is 12.7. The topological polar surface area (TPSA) is 55.9 Å². The highest BCUT2D eigenvalue weighted by atomic mass is 32.1. The number of fused-ring (bicyclic) bond motifs is 1. The maximum atomic E-state index is 14.0. The van der Waals surface area contributed by atoms with Crippen LogP contribution in [0.2, 0.25) is 0 Å². The largest absolute Gasteiger partial charge is 0.339 e. The van der Waals surface area contributed by atoms with Gasteiger partial charge in [-0.3, -0.25) is 9.69 Å². The van der Waals surface area contributed by atoms with E-state index in [-0.39, 0.29) is 29.5 Å². The van der Waals surface area contributed by atoms with Gasteiger partial charge in [0.25, 0.3) is 0 Å². The number of urea groups is 1. The van der Waals surface area contributed by atoms with E-state index in [0.29, 0.717) is 32.6 Å². The van der Waals surface area contributed by atoms with Gasteiger partial charge in [0.1, 0.15) is 17.5 Å². The summed E-state index contributed by atoms with van der Waals surface area (Å²) in [6.45, 7) is 4.18. The molecule has 0 aliphatic carbocycles. The number of hydrogen-bond acceptors (Lipinski definition) is 4. The van der Waals surface area contributed by atoms with Gasteiger partial charge in [0.05, 0.1) is 11.7 Å². The van der Waals surface area contributed by atoms with E-state index in [1.165, 1.54) is 22.6 Å². The summed E-state index contributed by atoms with van der Waals surface area (Å²) in [6.07, 6.45) is 1.21. The Morgan fingerprint density at radius 3 is 2.61 bits per heavy atom. The highest BCUT2D eigenvalue weighted by molar-refractivity contribution is 7.10. The SMILES string of the molecule is CC1CN(C(=O)CCN2CCc3sccc3C2c2cccc(F)c2)CCN1C(=O)Nc1ccc(F)cc1F. The lowest BCUT2D eigenvalue weighted by molar-refractivity contribution is -0.134. The van der Waals surface area contributed by atoms with Crippen molar-refractivity contribution in [2.24, 2.45) is 0 Å². The molecule has 3 heterocycles. The van der Waals surface area contributed by atoms with Crippen LogP contribution in [0.25, 0.3) is 0 Å². The summed E-state index contributed by atoms with van der Waals surface area (Å²) in [7, 11) is 0. The van der Waals surface area contributed by atoms with Gasteiger partial charge in [0, 0.05) is 56.1 Å². The highest BCUT2D eigenvalue weighted by Crippen LogP contribution is 2.38. The first-order chi connectivity index (χ1) is 18.3. The molecule has 2 atom stereocenters. The maximum Gasteiger partial charge on any atom is 0.322 e. The van der Waals surface area contributed by atoms with Crippen LogP contribution in [0.4, 0.5) is 23.7 Å². The second kappa shape index (κ2) is 11.2. The Bertz CT molecular complexity index is 1330. The quantitative estimate of drug-likeness (QED) is 0.478. The fraction of sp³-hybridized carbons (Fsp3) is 0.357. The zero-order valence-corrected chi connectivity index (χ0v) is 21.8. The molecule has 3 aromatic rings. The number of anilines is 1. The maximum absolute atomic E-state index is 14.0. The molecule has 10 heteroatoms. The lowest BCUT2D eigenvalue weighted by Gasteiger charge is -2.40. The number of amides is 3. The molecule has 0 spiro atoms. The minimum Gasteiger partial charge on any atom is -0.339 e. The van der Waals surface area contributed by atoms with Gasteiger partial charge < -0.3 is 15.1 Å². The second-order valence-electron chi connectivity index (χ2n) is 9.73. The third-order valence-electron chi connectivity index (χ3n) is 7.26. The van der Waals surface area contributed by atoms with Gasteiger partial charge in [-0.15, -0.1) is 11.3 Å². The van der Waals surface area contributed by atoms with E-state index in [1.54, 1.807) is 33.3 Å². The number of carbonyl (C=O) groups is 2. The molecule has 2 aromatic carbocycles. The second-order valence-corrected chi connectivity index (χ2v) is 10.7. The van der Waals surface area contributed by atoms with Crippen LogP contribution in [0.1, 0.15) is 35.4 Å². The molecule has 6 nitrogen and oxygen atoms in total. The average molecular weight is 543 g/mol. The number of carbonyl (C=O) groups excluding carboxylic acids is 2. The number of thiophene rings is 1. The number of nitrogens with zero attached hydrogens (tertiary/aromatic N) is 3. The summed E-state index contributed by atoms with van der Waals surface area (Å²) in [4.78, 5) is 32.7. The number of piperazine rings is 1. The van der Waals surface area contributed by atoms with Crippen LogP contribution in [0.3, 0.4) is 0 Å². The lowest BCUT2D eigenvalue weighted by atomic mass is 9.93. The molecule has 1 N–H and O–H groups in total. The molecule has 38 heavy (non-hydrogen) atoms. The monoisotopic (exact) mass is 542 g/mol. The van der Waals surface area contributed by atoms with E-state index in [9.17, 15) is 22.8 Å². The molecule has 5 rings (SSSR count). The van der Waals surface area contributed by atoms with Gasteiger partial charge in [0.15, 0.2) is 0 Å². The van der Waals surface area contributed by atoms with E-state index in [1.807, 2.05) is 13.0 Å². The van der Waals surface area contributed by atoms with Gasteiger partial charge in [-0.1, -0.05) is 12.1 Å². The smallest absolute Gasteiger partial charge is 0.322 e. The average Bonchev–Trinajstić information content (AvgIpc) is 3.37. The van der Waals surface area contributed by atoms with Crippen molar-refractivity contribution in [3.63, 3.8) is 0 Å². The number of benzene rings is 2. The lowest BCUT2D eigenvalue weighted by Crippen LogP contribution is -2.56. The fourth-order valence-electron chi connectivity index (χ4n) is 5.34. The van der Waals surface area contributed by atoms with Gasteiger partial charge >= 0.3 is 6.03 Å². The summed E-state index contributed by atoms with van der Waals surface area (Å²) in [5.74, 6) is -1.85. The van der Waals surface area contributed by atoms with Crippen LogP contribution >= 0.6 is 11.3 Å². The first-order valence-corrected chi connectivity index (χ1v) is 13.5. The molecule has 2 aliphatic rings. The van der Waals surface area contributed by atoms with E-state index in [0.717, 1.165) is 30.7 Å². The van der Waals surface area contributed by atoms with Crippen molar-refractivity contribution in [1.29, 1.82) is 0 Å². The summed E-state index contributed by atoms with van der Waals surface area (Å²) in [5, 5.41) is 4.55. The fourth-order valence-corrected chi connectivity index (χ4v) is 6.24. The molecule has 0 saturated carbocycles. The van der Waals surface area contributed by atoms with Crippen LogP contribution in [-0.2, 0) is 11.2 Å². The van der Waals surface area contributed by atoms with E-state index in [4.69, 9.17) is 0 Å². The molecule has 1 saturated heterocycles. The summed E-state index contributed by atoms with van der Waals surface area (Å²) >= 11 is 1.71. The molecule has 2 aliphatic heterocycles. The van der Waals surface area contributed by atoms with Crippen molar-refractivity contribution in [2.75, 3.05) is 38.0 Å². The molecule has 3 amide bonds. The highest BCUT2D eigenvalue weighted by Gasteiger charge is 2.33. The molecule has 200 valence electrons. The Hall–Kier alpha value is -3.37. The zero-order chi connectivity index (χ0) is 26.8. The van der Waals surface area contributed by atoms with Crippen molar-refractivity contribution >= 4 is 29.0 Å². The van der Waals surface area contributed by atoms with Crippen molar-refractivity contribution in [2.45, 2.75) is 31.8 Å². The number of nitrogens with one attached hydrogen (secondary N) is 1. The Morgan fingerprint density at radius 2 is 1.84 bits per heavy atom. The molecular formula is C28H29F3N4O2S. The Balaban J connectivity index is 1.19. The molecule has 1 aromatic heterocycles. The third-order valence-corrected chi connectivity index (χ3v) is 8.25. The van der Waals surface area contributed by atoms with Crippen LogP contribution in [0.5, 0.6) is 0 Å². The van der Waals surface area contributed by atoms with Crippen LogP contribution < -0.4 is 5.32 Å². The molecule has 2 unspecified atom stereocenters. The van der Waals surface area contributed by atoms with Crippen LogP contribution in [-0.4, -0.2) is 65.4 Å². The molecule has 1 fully saturated rings. The van der Waals surface area contributed by atoms with Crippen molar-refractivity contribution in [3.05, 3.63) is 87.4 Å². The molecule has 0 bridgehead atoms. The van der Waals surface area contributed by atoms with Crippen LogP contribution in [0, 0.1) is 17.5 Å². The standard InChI is InChI=1S/C28H29F3N4O2S/c1-18-17-34(12-13-35(18)28(37)32-24-6-5-21(30)16-23(24)31)26(36)8-11-33-10-7-25-22(9-14-38-25)27(33)19-3-2-4-20(29)15-19/h2-6,9,14-16,18,27H,7-8,10-13,17H2,1H3,(H,32,37). The summed E-state index contributed by atoms with van der Waals surface area (Å²) in [5.41, 5.74) is 1.96. The Labute approximate surface area is 223 Å². The zero-order valence-electron chi connectivity index (χ0n) is 21.0. The van der Waals surface area contributed by atoms with E-state index >= 15 is 0 Å². The molecular weight excluding hydrogens is 513 g/mol.